The number of para-hydroxylation sites is 1. The third-order valence-electron chi connectivity index (χ3n) is 5.43. The molecule has 32 heavy (non-hydrogen) atoms. The standard InChI is InChI=1S/C25H36O5S.Na/c1-2-3-4-5-6-7-8-9-10-11-12-15-21-16-13-19-24(26)25(21)30-22-17-14-18-23(20-22)31(27,28)29;/h13-14,16-20,26H,2-12,15H2,1H3,(H,27,28,29);/q;+1/p-1. The van der Waals surface area contributed by atoms with Gasteiger partial charge < -0.3 is 9.84 Å². The Labute approximate surface area is 215 Å². The molecule has 0 aliphatic rings. The molecule has 0 bridgehead atoms. The van der Waals surface area contributed by atoms with Crippen molar-refractivity contribution in [2.24, 2.45) is 0 Å². The van der Waals surface area contributed by atoms with Gasteiger partial charge in [0, 0.05) is 6.07 Å². The average Bonchev–Trinajstić information content (AvgIpc) is 2.74. The maximum atomic E-state index is 12.3. The van der Waals surface area contributed by atoms with Crippen LogP contribution in [0.15, 0.2) is 47.4 Å². The van der Waals surface area contributed by atoms with Crippen LogP contribution in [0, 0.1) is 0 Å². The van der Waals surface area contributed by atoms with Crippen molar-refractivity contribution >= 4 is 10.1 Å². The molecule has 2 aromatic carbocycles. The predicted octanol–water partition coefficient (Wildman–Crippen LogP) is 3.66. The molecule has 0 saturated carbocycles. The number of aryl methyl sites for hydroxylation is 1. The van der Waals surface area contributed by atoms with Crippen molar-refractivity contribution in [2.45, 2.75) is 88.9 Å². The molecule has 0 aromatic heterocycles. The van der Waals surface area contributed by atoms with Crippen LogP contribution >= 0.6 is 0 Å². The molecular weight excluding hydrogens is 435 g/mol. The number of hydrogen-bond donors (Lipinski definition) is 1. The Balaban J connectivity index is 0.00000512. The van der Waals surface area contributed by atoms with Gasteiger partial charge >= 0.3 is 29.6 Å². The predicted molar refractivity (Wildman–Crippen MR) is 122 cm³/mol. The minimum absolute atomic E-state index is 0. The van der Waals surface area contributed by atoms with Crippen LogP contribution in [0.5, 0.6) is 17.2 Å². The summed E-state index contributed by atoms with van der Waals surface area (Å²) in [6, 6.07) is 10.6. The third kappa shape index (κ3) is 10.7. The smallest absolute Gasteiger partial charge is 0.870 e. The summed E-state index contributed by atoms with van der Waals surface area (Å²) in [4.78, 5) is -0.264. The van der Waals surface area contributed by atoms with E-state index in [1.165, 1.54) is 82.1 Å². The number of hydrogen-bond acceptors (Lipinski definition) is 4. The summed E-state index contributed by atoms with van der Waals surface area (Å²) in [7, 11) is -4.33. The Morgan fingerprint density at radius 1 is 0.844 bits per heavy atom. The summed E-state index contributed by atoms with van der Waals surface area (Å²) in [6.07, 6.45) is 14.6. The summed E-state index contributed by atoms with van der Waals surface area (Å²) in [5, 5.41) is 12.3. The van der Waals surface area contributed by atoms with Gasteiger partial charge in [-0.2, -0.15) is 8.42 Å². The summed E-state index contributed by atoms with van der Waals surface area (Å²) >= 11 is 0. The molecular formula is C25H35NaO5S. The van der Waals surface area contributed by atoms with Crippen LogP contribution in [0.1, 0.15) is 83.1 Å². The average molecular weight is 471 g/mol. The van der Waals surface area contributed by atoms with Gasteiger partial charge in [0.1, 0.15) is 11.5 Å². The molecule has 0 aliphatic heterocycles. The zero-order valence-corrected chi connectivity index (χ0v) is 22.3. The summed E-state index contributed by atoms with van der Waals surface area (Å²) in [5.74, 6) is 0.193. The van der Waals surface area contributed by atoms with Crippen molar-refractivity contribution in [1.29, 1.82) is 0 Å². The number of ether oxygens (including phenoxy) is 1. The quantitative estimate of drug-likeness (QED) is 0.244. The molecule has 0 spiro atoms. The van der Waals surface area contributed by atoms with E-state index in [0.29, 0.717) is 0 Å². The zero-order valence-electron chi connectivity index (χ0n) is 19.5. The topological polar surface area (TPSA) is 86.7 Å². The van der Waals surface area contributed by atoms with Crippen LogP contribution in [0.25, 0.3) is 0 Å². The summed E-state index contributed by atoms with van der Waals surface area (Å²) in [6.45, 7) is 2.24. The van der Waals surface area contributed by atoms with Crippen molar-refractivity contribution in [3.05, 3.63) is 48.0 Å². The number of rotatable bonds is 15. The fourth-order valence-corrected chi connectivity index (χ4v) is 4.19. The molecule has 0 unspecified atom stereocenters. The minimum atomic E-state index is -4.33. The van der Waals surface area contributed by atoms with Crippen molar-refractivity contribution < 1.29 is 52.4 Å². The second-order valence-electron chi connectivity index (χ2n) is 8.08. The van der Waals surface area contributed by atoms with Crippen molar-refractivity contribution in [2.75, 3.05) is 0 Å². The largest absolute Gasteiger partial charge is 1.00 e. The molecule has 5 nitrogen and oxygen atoms in total. The maximum Gasteiger partial charge on any atom is 1.00 e. The molecule has 0 heterocycles. The molecule has 2 aromatic rings. The molecule has 0 fully saturated rings. The Morgan fingerprint density at radius 2 is 1.41 bits per heavy atom. The fraction of sp³-hybridized carbons (Fsp3) is 0.520. The number of unbranched alkanes of at least 4 members (excludes halogenated alkanes) is 10. The van der Waals surface area contributed by atoms with E-state index in [2.05, 4.69) is 6.92 Å². The van der Waals surface area contributed by atoms with E-state index in [1.54, 1.807) is 12.1 Å². The SMILES string of the molecule is CCCCCCCCCCCCCc1cccc([O-])c1Oc1cccc(S(=O)(=O)O)c1.[Na+]. The molecule has 0 aliphatic carbocycles. The van der Waals surface area contributed by atoms with Gasteiger partial charge in [-0.1, -0.05) is 101 Å². The van der Waals surface area contributed by atoms with E-state index in [1.807, 2.05) is 6.07 Å². The first-order chi connectivity index (χ1) is 14.9. The first kappa shape index (κ1) is 29.0. The van der Waals surface area contributed by atoms with Crippen LogP contribution in [-0.2, 0) is 16.5 Å². The van der Waals surface area contributed by atoms with Crippen LogP contribution in [-0.4, -0.2) is 13.0 Å². The van der Waals surface area contributed by atoms with Crippen LogP contribution in [0.3, 0.4) is 0 Å². The molecule has 0 radical (unpaired) electrons. The van der Waals surface area contributed by atoms with Gasteiger partial charge in [0.25, 0.3) is 10.1 Å². The number of benzene rings is 2. The molecule has 7 heteroatoms. The van der Waals surface area contributed by atoms with E-state index in [4.69, 9.17) is 4.74 Å². The monoisotopic (exact) mass is 470 g/mol. The fourth-order valence-electron chi connectivity index (χ4n) is 3.67. The molecule has 0 saturated heterocycles. The molecule has 1 N–H and O–H groups in total. The van der Waals surface area contributed by atoms with Crippen LogP contribution < -0.4 is 39.4 Å². The summed E-state index contributed by atoms with van der Waals surface area (Å²) < 4.78 is 37.6. The van der Waals surface area contributed by atoms with Crippen molar-refractivity contribution in [3.8, 4) is 17.2 Å². The first-order valence-corrected chi connectivity index (χ1v) is 12.9. The Morgan fingerprint density at radius 3 is 2.00 bits per heavy atom. The van der Waals surface area contributed by atoms with E-state index in [0.717, 1.165) is 24.8 Å². The van der Waals surface area contributed by atoms with E-state index in [9.17, 15) is 18.1 Å². The normalized spacial score (nSPS) is 11.2. The molecule has 0 atom stereocenters. The Hall–Kier alpha value is -1.05. The maximum absolute atomic E-state index is 12.3. The first-order valence-electron chi connectivity index (χ1n) is 11.5. The van der Waals surface area contributed by atoms with Crippen molar-refractivity contribution in [3.63, 3.8) is 0 Å². The van der Waals surface area contributed by atoms with Crippen molar-refractivity contribution in [1.82, 2.24) is 0 Å². The van der Waals surface area contributed by atoms with Gasteiger partial charge in [-0.05, 0) is 30.5 Å². The minimum Gasteiger partial charge on any atom is -0.870 e. The molecule has 2 rings (SSSR count). The van der Waals surface area contributed by atoms with E-state index in [-0.39, 0.29) is 51.7 Å². The van der Waals surface area contributed by atoms with Gasteiger partial charge in [0.05, 0.1) is 4.90 Å². The van der Waals surface area contributed by atoms with Gasteiger partial charge in [0.2, 0.25) is 0 Å². The van der Waals surface area contributed by atoms with Crippen LogP contribution in [0.4, 0.5) is 0 Å². The van der Waals surface area contributed by atoms with E-state index >= 15 is 0 Å². The van der Waals surface area contributed by atoms with Gasteiger partial charge in [-0.15, -0.1) is 0 Å². The molecule has 0 amide bonds. The second-order valence-corrected chi connectivity index (χ2v) is 9.50. The van der Waals surface area contributed by atoms with E-state index < -0.39 is 10.1 Å². The Bertz CT molecular complexity index is 899. The summed E-state index contributed by atoms with van der Waals surface area (Å²) in [5.41, 5.74) is 0.820. The van der Waals surface area contributed by atoms with Gasteiger partial charge in [-0.3, -0.25) is 4.55 Å². The zero-order chi connectivity index (χ0) is 22.5. The third-order valence-corrected chi connectivity index (χ3v) is 6.28. The second kappa shape index (κ2) is 15.7. The van der Waals surface area contributed by atoms with Gasteiger partial charge in [0.15, 0.2) is 0 Å². The van der Waals surface area contributed by atoms with Gasteiger partial charge in [-0.25, -0.2) is 0 Å². The van der Waals surface area contributed by atoms with Crippen LogP contribution in [0.2, 0.25) is 0 Å². The Kier molecular flexibility index (Phi) is 14.2. The molecule has 172 valence electrons.